The molecule has 0 aromatic heterocycles. The molecule has 0 saturated carbocycles. The van der Waals surface area contributed by atoms with Crippen LogP contribution in [-0.4, -0.2) is 11.7 Å². The average molecular weight is 166 g/mol. The molecule has 0 bridgehead atoms. The van der Waals surface area contributed by atoms with Crippen LogP contribution in [0.25, 0.3) is 5.76 Å². The third-order valence-corrected chi connectivity index (χ3v) is 1.75. The van der Waals surface area contributed by atoms with Crippen molar-refractivity contribution >= 4 is 5.76 Å². The zero-order valence-corrected chi connectivity index (χ0v) is 6.25. The van der Waals surface area contributed by atoms with E-state index in [0.29, 0.717) is 11.3 Å². The summed E-state index contributed by atoms with van der Waals surface area (Å²) in [5.41, 5.74) is 0.418. The molecule has 1 heterocycles. The first-order valence-electron chi connectivity index (χ1n) is 3.59. The van der Waals surface area contributed by atoms with Crippen molar-refractivity contribution in [1.29, 1.82) is 0 Å². The Bertz CT molecular complexity index is 344. The van der Waals surface area contributed by atoms with Crippen LogP contribution in [0.3, 0.4) is 0 Å². The van der Waals surface area contributed by atoms with Crippen LogP contribution < -0.4 is 4.74 Å². The Morgan fingerprint density at radius 2 is 2.08 bits per heavy atom. The summed E-state index contributed by atoms with van der Waals surface area (Å²) in [6, 6.07) is 6.80. The van der Waals surface area contributed by atoms with Crippen LogP contribution in [0, 0.1) is 0 Å². The van der Waals surface area contributed by atoms with Gasteiger partial charge in [0.15, 0.2) is 11.6 Å². The van der Waals surface area contributed by atoms with Gasteiger partial charge in [0, 0.05) is 0 Å². The Balaban J connectivity index is 2.59. The number of aliphatic hydroxyl groups excluding tert-OH is 1. The van der Waals surface area contributed by atoms with Gasteiger partial charge in [-0.3, -0.25) is 0 Å². The molecule has 0 radical (unpaired) electrons. The fourth-order valence-corrected chi connectivity index (χ4v) is 1.14. The van der Waals surface area contributed by atoms with E-state index in [-0.39, 0.29) is 12.4 Å². The van der Waals surface area contributed by atoms with E-state index in [1.807, 2.05) is 0 Å². The van der Waals surface area contributed by atoms with Crippen LogP contribution in [0.5, 0.6) is 5.75 Å². The summed E-state index contributed by atoms with van der Waals surface area (Å²) in [5.74, 6) is -0.401. The molecule has 2 rings (SSSR count). The molecule has 1 aliphatic heterocycles. The summed E-state index contributed by atoms with van der Waals surface area (Å²) in [5, 5.41) is 9.25. The van der Waals surface area contributed by atoms with Gasteiger partial charge in [0.25, 0.3) is 0 Å². The van der Waals surface area contributed by atoms with Gasteiger partial charge in [0.05, 0.1) is 5.56 Å². The lowest BCUT2D eigenvalue weighted by atomic mass is 10.1. The highest BCUT2D eigenvalue weighted by Gasteiger charge is 2.18. The summed E-state index contributed by atoms with van der Waals surface area (Å²) >= 11 is 0. The van der Waals surface area contributed by atoms with Crippen molar-refractivity contribution in [2.24, 2.45) is 0 Å². The molecule has 0 spiro atoms. The van der Waals surface area contributed by atoms with E-state index in [9.17, 15) is 9.50 Å². The second-order valence-corrected chi connectivity index (χ2v) is 2.54. The normalized spacial score (nSPS) is 15.4. The molecule has 1 aromatic carbocycles. The summed E-state index contributed by atoms with van der Waals surface area (Å²) in [4.78, 5) is 0. The van der Waals surface area contributed by atoms with E-state index in [2.05, 4.69) is 0 Å². The summed E-state index contributed by atoms with van der Waals surface area (Å²) in [7, 11) is 0. The molecule has 3 heteroatoms. The van der Waals surface area contributed by atoms with Gasteiger partial charge in [-0.25, -0.2) is 4.39 Å². The summed E-state index contributed by atoms with van der Waals surface area (Å²) in [6.45, 7) is -0.178. The third-order valence-electron chi connectivity index (χ3n) is 1.75. The first kappa shape index (κ1) is 7.16. The lowest BCUT2D eigenvalue weighted by molar-refractivity contribution is 0.296. The van der Waals surface area contributed by atoms with Crippen molar-refractivity contribution < 1.29 is 14.2 Å². The molecule has 1 aliphatic rings. The highest BCUT2D eigenvalue weighted by Crippen LogP contribution is 2.31. The monoisotopic (exact) mass is 166 g/mol. The molecule has 12 heavy (non-hydrogen) atoms. The van der Waals surface area contributed by atoms with Crippen molar-refractivity contribution in [3.05, 3.63) is 35.7 Å². The van der Waals surface area contributed by atoms with E-state index < -0.39 is 5.83 Å². The molecule has 0 amide bonds. The molecule has 62 valence electrons. The standard InChI is InChI=1S/C9H7FO2/c10-7-5-12-8-4-2-1-3-6(8)9(7)11/h1-4,11H,5H2. The number of hydrogen-bond acceptors (Lipinski definition) is 2. The topological polar surface area (TPSA) is 29.5 Å². The largest absolute Gasteiger partial charge is 0.504 e. The molecule has 0 unspecified atom stereocenters. The first-order chi connectivity index (χ1) is 5.79. The van der Waals surface area contributed by atoms with Gasteiger partial charge in [-0.2, -0.15) is 0 Å². The summed E-state index contributed by atoms with van der Waals surface area (Å²) < 4.78 is 17.8. The minimum atomic E-state index is -0.617. The average Bonchev–Trinajstić information content (AvgIpc) is 2.12. The van der Waals surface area contributed by atoms with E-state index in [4.69, 9.17) is 4.74 Å². The molecule has 0 atom stereocenters. The van der Waals surface area contributed by atoms with Gasteiger partial charge in [-0.1, -0.05) is 12.1 Å². The van der Waals surface area contributed by atoms with Gasteiger partial charge in [-0.15, -0.1) is 0 Å². The zero-order valence-electron chi connectivity index (χ0n) is 6.25. The Labute approximate surface area is 68.9 Å². The highest BCUT2D eigenvalue weighted by atomic mass is 19.1. The Morgan fingerprint density at radius 3 is 2.92 bits per heavy atom. The number of aliphatic hydroxyl groups is 1. The number of hydrogen-bond donors (Lipinski definition) is 1. The lowest BCUT2D eigenvalue weighted by Crippen LogP contribution is -2.08. The number of para-hydroxylation sites is 1. The maximum Gasteiger partial charge on any atom is 0.180 e. The molecule has 1 aromatic rings. The third kappa shape index (κ3) is 0.942. The number of benzene rings is 1. The molecule has 2 nitrogen and oxygen atoms in total. The van der Waals surface area contributed by atoms with Gasteiger partial charge in [0.1, 0.15) is 12.4 Å². The molecular weight excluding hydrogens is 159 g/mol. The number of ether oxygens (including phenoxy) is 1. The second-order valence-electron chi connectivity index (χ2n) is 2.54. The number of halogens is 1. The molecule has 0 fully saturated rings. The maximum absolute atomic E-state index is 12.8. The van der Waals surface area contributed by atoms with Gasteiger partial charge < -0.3 is 9.84 Å². The van der Waals surface area contributed by atoms with Crippen LogP contribution >= 0.6 is 0 Å². The minimum absolute atomic E-state index is 0.178. The van der Waals surface area contributed by atoms with Crippen molar-refractivity contribution in [2.75, 3.05) is 6.61 Å². The predicted octanol–water partition coefficient (Wildman–Crippen LogP) is 2.28. The molecule has 0 saturated heterocycles. The predicted molar refractivity (Wildman–Crippen MR) is 42.6 cm³/mol. The van der Waals surface area contributed by atoms with Gasteiger partial charge in [0.2, 0.25) is 0 Å². The lowest BCUT2D eigenvalue weighted by Gasteiger charge is -2.15. The van der Waals surface area contributed by atoms with Crippen LogP contribution in [0.1, 0.15) is 5.56 Å². The van der Waals surface area contributed by atoms with Crippen molar-refractivity contribution in [3.8, 4) is 5.75 Å². The van der Waals surface area contributed by atoms with Gasteiger partial charge in [-0.05, 0) is 12.1 Å². The van der Waals surface area contributed by atoms with E-state index >= 15 is 0 Å². The molecule has 0 aliphatic carbocycles. The quantitative estimate of drug-likeness (QED) is 0.640. The fraction of sp³-hybridized carbons (Fsp3) is 0.111. The zero-order chi connectivity index (χ0) is 8.55. The van der Waals surface area contributed by atoms with Crippen molar-refractivity contribution in [2.45, 2.75) is 0 Å². The first-order valence-corrected chi connectivity index (χ1v) is 3.59. The van der Waals surface area contributed by atoms with E-state index in [0.717, 1.165) is 0 Å². The molecular formula is C9H7FO2. The minimum Gasteiger partial charge on any atom is -0.504 e. The van der Waals surface area contributed by atoms with Crippen LogP contribution in [0.4, 0.5) is 4.39 Å². The highest BCUT2D eigenvalue weighted by molar-refractivity contribution is 5.67. The fourth-order valence-electron chi connectivity index (χ4n) is 1.14. The Hall–Kier alpha value is -1.51. The SMILES string of the molecule is OC1=C(F)COc2ccccc21. The molecule has 1 N–H and O–H groups in total. The van der Waals surface area contributed by atoms with E-state index in [1.165, 1.54) is 0 Å². The van der Waals surface area contributed by atoms with Gasteiger partial charge >= 0.3 is 0 Å². The Morgan fingerprint density at radius 1 is 1.33 bits per heavy atom. The van der Waals surface area contributed by atoms with Crippen molar-refractivity contribution in [3.63, 3.8) is 0 Å². The number of rotatable bonds is 0. The number of fused-ring (bicyclic) bond motifs is 1. The van der Waals surface area contributed by atoms with Crippen LogP contribution in [-0.2, 0) is 0 Å². The van der Waals surface area contributed by atoms with E-state index in [1.54, 1.807) is 24.3 Å². The van der Waals surface area contributed by atoms with Crippen molar-refractivity contribution in [1.82, 2.24) is 0 Å². The van der Waals surface area contributed by atoms with Crippen LogP contribution in [0.15, 0.2) is 30.1 Å². The Kier molecular flexibility index (Phi) is 1.50. The summed E-state index contributed by atoms with van der Waals surface area (Å²) in [6.07, 6.45) is 0. The smallest absolute Gasteiger partial charge is 0.180 e. The second kappa shape index (κ2) is 2.52. The maximum atomic E-state index is 12.8. The van der Waals surface area contributed by atoms with Crippen LogP contribution in [0.2, 0.25) is 0 Å².